The molecule has 0 amide bonds. The zero-order valence-electron chi connectivity index (χ0n) is 21.1. The van der Waals surface area contributed by atoms with Crippen LogP contribution in [0.5, 0.6) is 5.75 Å². The number of piperidine rings is 1. The molecule has 0 saturated carbocycles. The molecule has 1 aliphatic heterocycles. The van der Waals surface area contributed by atoms with Gasteiger partial charge in [0.15, 0.2) is 0 Å². The van der Waals surface area contributed by atoms with Gasteiger partial charge in [0.1, 0.15) is 11.8 Å². The first-order chi connectivity index (χ1) is 17.6. The largest absolute Gasteiger partial charge is 0.494 e. The molecule has 2 aromatic carbocycles. The van der Waals surface area contributed by atoms with E-state index in [0.29, 0.717) is 5.56 Å². The van der Waals surface area contributed by atoms with Gasteiger partial charge in [0.05, 0.1) is 17.9 Å². The van der Waals surface area contributed by atoms with Gasteiger partial charge in [-0.1, -0.05) is 12.1 Å². The normalized spacial score (nSPS) is 14.6. The highest BCUT2D eigenvalue weighted by Crippen LogP contribution is 2.35. The van der Waals surface area contributed by atoms with Crippen LogP contribution in [0.1, 0.15) is 36.8 Å². The molecule has 1 aliphatic rings. The number of aryl methyl sites for hydroxylation is 1. The van der Waals surface area contributed by atoms with Crippen molar-refractivity contribution in [3.8, 4) is 22.9 Å². The van der Waals surface area contributed by atoms with E-state index in [1.807, 2.05) is 42.7 Å². The number of aromatic amines is 1. The van der Waals surface area contributed by atoms with E-state index < -0.39 is 0 Å². The van der Waals surface area contributed by atoms with Crippen molar-refractivity contribution >= 4 is 22.3 Å². The summed E-state index contributed by atoms with van der Waals surface area (Å²) >= 11 is 0. The van der Waals surface area contributed by atoms with E-state index in [1.165, 1.54) is 32.4 Å². The van der Waals surface area contributed by atoms with Gasteiger partial charge in [0.2, 0.25) is 0 Å². The molecule has 36 heavy (non-hydrogen) atoms. The second-order valence-electron chi connectivity index (χ2n) is 9.79. The Morgan fingerprint density at radius 3 is 2.69 bits per heavy atom. The SMILES string of the molecule is Cc1c(Nc2c(C#N)cncc2-c2ccc(OCCCC3CCN(C)CC3)cc2)ccc2[nH]ccc12. The summed E-state index contributed by atoms with van der Waals surface area (Å²) in [7, 11) is 2.21. The second-order valence-corrected chi connectivity index (χ2v) is 9.79. The Kier molecular flexibility index (Phi) is 7.20. The number of aromatic nitrogens is 2. The molecule has 0 bridgehead atoms. The Balaban J connectivity index is 1.28. The highest BCUT2D eigenvalue weighted by atomic mass is 16.5. The molecule has 1 fully saturated rings. The van der Waals surface area contributed by atoms with Crippen LogP contribution >= 0.6 is 0 Å². The quantitative estimate of drug-likeness (QED) is 0.277. The van der Waals surface area contributed by atoms with Gasteiger partial charge < -0.3 is 19.9 Å². The van der Waals surface area contributed by atoms with Gasteiger partial charge in [-0.15, -0.1) is 0 Å². The van der Waals surface area contributed by atoms with E-state index in [0.717, 1.165) is 63.7 Å². The lowest BCUT2D eigenvalue weighted by atomic mass is 9.93. The number of ether oxygens (including phenoxy) is 1. The molecule has 0 atom stereocenters. The van der Waals surface area contributed by atoms with Crippen molar-refractivity contribution in [1.29, 1.82) is 5.26 Å². The second kappa shape index (κ2) is 10.8. The van der Waals surface area contributed by atoms with Crippen LogP contribution in [0.15, 0.2) is 61.1 Å². The lowest BCUT2D eigenvalue weighted by molar-refractivity contribution is 0.200. The molecular formula is C30H33N5O. The number of nitrogens with one attached hydrogen (secondary N) is 2. The third-order valence-corrected chi connectivity index (χ3v) is 7.36. The Labute approximate surface area is 212 Å². The predicted molar refractivity (Wildman–Crippen MR) is 146 cm³/mol. The number of pyridine rings is 1. The summed E-state index contributed by atoms with van der Waals surface area (Å²) < 4.78 is 6.03. The molecule has 0 aliphatic carbocycles. The minimum absolute atomic E-state index is 0.510. The van der Waals surface area contributed by atoms with Gasteiger partial charge in [0.25, 0.3) is 0 Å². The summed E-state index contributed by atoms with van der Waals surface area (Å²) in [6.45, 7) is 5.26. The molecule has 6 heteroatoms. The minimum atomic E-state index is 0.510. The Morgan fingerprint density at radius 2 is 1.92 bits per heavy atom. The van der Waals surface area contributed by atoms with E-state index in [4.69, 9.17) is 4.74 Å². The number of nitrogens with zero attached hydrogens (tertiary/aromatic N) is 3. The molecule has 184 valence electrons. The fraction of sp³-hybridized carbons (Fsp3) is 0.333. The van der Waals surface area contributed by atoms with Crippen LogP contribution in [0.2, 0.25) is 0 Å². The highest BCUT2D eigenvalue weighted by molar-refractivity contribution is 5.91. The molecule has 0 spiro atoms. The van der Waals surface area contributed by atoms with Gasteiger partial charge >= 0.3 is 0 Å². The summed E-state index contributed by atoms with van der Waals surface area (Å²) in [6.07, 6.45) is 10.3. The van der Waals surface area contributed by atoms with E-state index in [9.17, 15) is 5.26 Å². The number of likely N-dealkylation sites (tertiary alicyclic amines) is 1. The summed E-state index contributed by atoms with van der Waals surface area (Å²) in [4.78, 5) is 9.99. The first kappa shape index (κ1) is 23.9. The van der Waals surface area contributed by atoms with Crippen LogP contribution in [0.25, 0.3) is 22.0 Å². The summed E-state index contributed by atoms with van der Waals surface area (Å²) in [6, 6.07) is 16.5. The average Bonchev–Trinajstić information content (AvgIpc) is 3.40. The van der Waals surface area contributed by atoms with Crippen LogP contribution < -0.4 is 10.1 Å². The van der Waals surface area contributed by atoms with E-state index in [1.54, 1.807) is 6.20 Å². The van der Waals surface area contributed by atoms with Crippen molar-refractivity contribution in [3.05, 3.63) is 72.2 Å². The number of hydrogen-bond acceptors (Lipinski definition) is 5. The van der Waals surface area contributed by atoms with Crippen molar-refractivity contribution in [2.45, 2.75) is 32.6 Å². The number of fused-ring (bicyclic) bond motifs is 1. The molecule has 2 N–H and O–H groups in total. The van der Waals surface area contributed by atoms with Gasteiger partial charge in [-0.3, -0.25) is 4.98 Å². The first-order valence-corrected chi connectivity index (χ1v) is 12.8. The molecule has 5 rings (SSSR count). The lowest BCUT2D eigenvalue weighted by Gasteiger charge is -2.28. The molecule has 0 unspecified atom stereocenters. The van der Waals surface area contributed by atoms with Gasteiger partial charge in [-0.05, 0) is 100 Å². The Hall–Kier alpha value is -3.82. The van der Waals surface area contributed by atoms with Crippen molar-refractivity contribution in [3.63, 3.8) is 0 Å². The summed E-state index contributed by atoms with van der Waals surface area (Å²) in [5, 5.41) is 14.5. The number of nitriles is 1. The van der Waals surface area contributed by atoms with E-state index >= 15 is 0 Å². The number of hydrogen-bond donors (Lipinski definition) is 2. The standard InChI is InChI=1S/C30H33N5O/c1-21-26-11-14-33-29(26)10-9-28(21)34-30-24(18-31)19-32-20-27(30)23-5-7-25(8-6-23)36-17-3-4-22-12-15-35(2)16-13-22/h5-11,14,19-20,22,33H,3-4,12-13,15-17H2,1-2H3,(H,32,34). The minimum Gasteiger partial charge on any atom is -0.494 e. The van der Waals surface area contributed by atoms with Crippen molar-refractivity contribution in [1.82, 2.24) is 14.9 Å². The third kappa shape index (κ3) is 5.22. The Bertz CT molecular complexity index is 1360. The predicted octanol–water partition coefficient (Wildman–Crippen LogP) is 6.65. The molecule has 2 aromatic heterocycles. The van der Waals surface area contributed by atoms with E-state index in [2.05, 4.69) is 52.4 Å². The summed E-state index contributed by atoms with van der Waals surface area (Å²) in [5.74, 6) is 1.70. The molecule has 3 heterocycles. The summed E-state index contributed by atoms with van der Waals surface area (Å²) in [5.41, 5.74) is 6.33. The maximum Gasteiger partial charge on any atom is 0.119 e. The lowest BCUT2D eigenvalue weighted by Crippen LogP contribution is -2.30. The van der Waals surface area contributed by atoms with Crippen LogP contribution in [0, 0.1) is 24.2 Å². The monoisotopic (exact) mass is 479 g/mol. The molecule has 1 saturated heterocycles. The van der Waals surface area contributed by atoms with Gasteiger partial charge in [0, 0.05) is 40.7 Å². The highest BCUT2D eigenvalue weighted by Gasteiger charge is 2.16. The number of anilines is 2. The number of H-pyrrole nitrogens is 1. The fourth-order valence-electron chi connectivity index (χ4n) is 5.10. The van der Waals surface area contributed by atoms with Crippen molar-refractivity contribution < 1.29 is 4.74 Å². The van der Waals surface area contributed by atoms with Crippen LogP contribution in [0.4, 0.5) is 11.4 Å². The molecular weight excluding hydrogens is 446 g/mol. The van der Waals surface area contributed by atoms with Crippen LogP contribution in [-0.2, 0) is 0 Å². The maximum absolute atomic E-state index is 9.79. The van der Waals surface area contributed by atoms with Crippen LogP contribution in [0.3, 0.4) is 0 Å². The van der Waals surface area contributed by atoms with Crippen LogP contribution in [-0.4, -0.2) is 41.6 Å². The van der Waals surface area contributed by atoms with Gasteiger partial charge in [-0.2, -0.15) is 5.26 Å². The molecule has 6 nitrogen and oxygen atoms in total. The number of rotatable bonds is 8. The van der Waals surface area contributed by atoms with E-state index in [-0.39, 0.29) is 0 Å². The zero-order chi connectivity index (χ0) is 24.9. The molecule has 4 aromatic rings. The number of benzene rings is 2. The Morgan fingerprint density at radius 1 is 1.11 bits per heavy atom. The average molecular weight is 480 g/mol. The fourth-order valence-corrected chi connectivity index (χ4v) is 5.10. The maximum atomic E-state index is 9.79. The third-order valence-electron chi connectivity index (χ3n) is 7.36. The van der Waals surface area contributed by atoms with Crippen molar-refractivity contribution in [2.75, 3.05) is 32.1 Å². The molecule has 0 radical (unpaired) electrons. The first-order valence-electron chi connectivity index (χ1n) is 12.8. The smallest absolute Gasteiger partial charge is 0.119 e. The van der Waals surface area contributed by atoms with Crippen molar-refractivity contribution in [2.24, 2.45) is 5.92 Å². The topological polar surface area (TPSA) is 77.0 Å². The zero-order valence-corrected chi connectivity index (χ0v) is 21.1. The van der Waals surface area contributed by atoms with Gasteiger partial charge in [-0.25, -0.2) is 0 Å².